The molecule has 1 saturated carbocycles. The van der Waals surface area contributed by atoms with Gasteiger partial charge in [-0.2, -0.15) is 0 Å². The smallest absolute Gasteiger partial charge is 0.310 e. The molecule has 0 heterocycles. The quantitative estimate of drug-likeness (QED) is 0.567. The molecule has 1 aromatic rings. The van der Waals surface area contributed by atoms with Crippen molar-refractivity contribution in [3.63, 3.8) is 0 Å². The summed E-state index contributed by atoms with van der Waals surface area (Å²) < 4.78 is 5.21. The van der Waals surface area contributed by atoms with Gasteiger partial charge < -0.3 is 15.8 Å². The highest BCUT2D eigenvalue weighted by Gasteiger charge is 2.31. The van der Waals surface area contributed by atoms with Gasteiger partial charge in [0.05, 0.1) is 4.92 Å². The van der Waals surface area contributed by atoms with Gasteiger partial charge in [0, 0.05) is 18.7 Å². The monoisotopic (exact) mass is 279 g/mol. The van der Waals surface area contributed by atoms with Gasteiger partial charge >= 0.3 is 5.69 Å². The number of benzene rings is 1. The van der Waals surface area contributed by atoms with Crippen LogP contribution in [0, 0.1) is 16.0 Å². The van der Waals surface area contributed by atoms with Gasteiger partial charge in [-0.15, -0.1) is 0 Å². The molecule has 7 nitrogen and oxygen atoms in total. The molecule has 0 bridgehead atoms. The van der Waals surface area contributed by atoms with E-state index >= 15 is 0 Å². The minimum atomic E-state index is -0.542. The molecule has 108 valence electrons. The van der Waals surface area contributed by atoms with Crippen LogP contribution >= 0.6 is 0 Å². The lowest BCUT2D eigenvalue weighted by Gasteiger charge is -2.16. The van der Waals surface area contributed by atoms with Gasteiger partial charge in [-0.1, -0.05) is 12.1 Å². The third-order valence-corrected chi connectivity index (χ3v) is 3.21. The molecule has 20 heavy (non-hydrogen) atoms. The zero-order valence-corrected chi connectivity index (χ0v) is 11.0. The fourth-order valence-corrected chi connectivity index (χ4v) is 1.99. The summed E-state index contributed by atoms with van der Waals surface area (Å²) >= 11 is 0. The maximum absolute atomic E-state index is 11.7. The summed E-state index contributed by atoms with van der Waals surface area (Å²) in [7, 11) is 0. The Morgan fingerprint density at radius 1 is 1.50 bits per heavy atom. The summed E-state index contributed by atoms with van der Waals surface area (Å²) in [6, 6.07) is 5.93. The Hall–Kier alpha value is -2.15. The molecular formula is C13H17N3O4. The number of carbonyl (C=O) groups is 1. The second-order valence-corrected chi connectivity index (χ2v) is 4.76. The van der Waals surface area contributed by atoms with Gasteiger partial charge in [-0.3, -0.25) is 14.9 Å². The van der Waals surface area contributed by atoms with Crippen LogP contribution in [0.4, 0.5) is 5.69 Å². The SMILES string of the molecule is NCC(NC(=O)COc1ccccc1[N+](=O)[O-])C1CC1. The van der Waals surface area contributed by atoms with Crippen molar-refractivity contribution in [2.45, 2.75) is 18.9 Å². The maximum Gasteiger partial charge on any atom is 0.310 e. The summed E-state index contributed by atoms with van der Waals surface area (Å²) in [5.74, 6) is 0.226. The van der Waals surface area contributed by atoms with Crippen LogP contribution in [0.15, 0.2) is 24.3 Å². The Bertz CT molecular complexity index is 502. The fraction of sp³-hybridized carbons (Fsp3) is 0.462. The molecule has 2 rings (SSSR count). The zero-order chi connectivity index (χ0) is 14.5. The summed E-state index contributed by atoms with van der Waals surface area (Å²) in [5, 5.41) is 13.6. The van der Waals surface area contributed by atoms with Gasteiger partial charge in [0.2, 0.25) is 0 Å². The van der Waals surface area contributed by atoms with Gasteiger partial charge in [0.25, 0.3) is 5.91 Å². The second-order valence-electron chi connectivity index (χ2n) is 4.76. The average molecular weight is 279 g/mol. The van der Waals surface area contributed by atoms with E-state index in [1.807, 2.05) is 0 Å². The summed E-state index contributed by atoms with van der Waals surface area (Å²) in [4.78, 5) is 22.0. The molecule has 1 unspecified atom stereocenters. The minimum absolute atomic E-state index is 0.0307. The number of nitro benzene ring substituents is 1. The first-order valence-corrected chi connectivity index (χ1v) is 6.47. The van der Waals surface area contributed by atoms with Crippen molar-refractivity contribution in [1.29, 1.82) is 0 Å². The van der Waals surface area contributed by atoms with Crippen molar-refractivity contribution in [2.24, 2.45) is 11.7 Å². The van der Waals surface area contributed by atoms with E-state index in [-0.39, 0.29) is 30.0 Å². The van der Waals surface area contributed by atoms with Crippen LogP contribution in [0.5, 0.6) is 5.75 Å². The molecule has 0 saturated heterocycles. The van der Waals surface area contributed by atoms with Crippen LogP contribution in [0.3, 0.4) is 0 Å². The van der Waals surface area contributed by atoms with Crippen LogP contribution in [-0.4, -0.2) is 30.0 Å². The summed E-state index contributed by atoms with van der Waals surface area (Å²) in [6.07, 6.45) is 2.15. The van der Waals surface area contributed by atoms with Crippen molar-refractivity contribution in [3.8, 4) is 5.75 Å². The van der Waals surface area contributed by atoms with Crippen LogP contribution < -0.4 is 15.8 Å². The van der Waals surface area contributed by atoms with Gasteiger partial charge in [-0.05, 0) is 24.8 Å². The first-order valence-electron chi connectivity index (χ1n) is 6.47. The van der Waals surface area contributed by atoms with Crippen LogP contribution in [0.1, 0.15) is 12.8 Å². The number of amides is 1. The normalized spacial score (nSPS) is 15.4. The first-order chi connectivity index (χ1) is 9.61. The number of nitrogens with one attached hydrogen (secondary N) is 1. The lowest BCUT2D eigenvalue weighted by molar-refractivity contribution is -0.385. The molecule has 3 N–H and O–H groups in total. The molecule has 1 amide bonds. The molecule has 0 aliphatic heterocycles. The molecule has 0 radical (unpaired) electrons. The summed E-state index contributed by atoms with van der Waals surface area (Å²) in [5.41, 5.74) is 5.43. The van der Waals surface area contributed by atoms with Crippen molar-refractivity contribution >= 4 is 11.6 Å². The van der Waals surface area contributed by atoms with Gasteiger partial charge in [0.15, 0.2) is 12.4 Å². The molecule has 1 aromatic carbocycles. The van der Waals surface area contributed by atoms with E-state index in [9.17, 15) is 14.9 Å². The van der Waals surface area contributed by atoms with E-state index in [1.165, 1.54) is 12.1 Å². The van der Waals surface area contributed by atoms with E-state index < -0.39 is 4.92 Å². The van der Waals surface area contributed by atoms with Crippen molar-refractivity contribution in [3.05, 3.63) is 34.4 Å². The Labute approximate surface area is 116 Å². The van der Waals surface area contributed by atoms with Crippen molar-refractivity contribution in [2.75, 3.05) is 13.2 Å². The Morgan fingerprint density at radius 3 is 2.80 bits per heavy atom. The molecule has 1 atom stereocenters. The number of rotatable bonds is 7. The highest BCUT2D eigenvalue weighted by atomic mass is 16.6. The van der Waals surface area contributed by atoms with E-state index in [0.717, 1.165) is 12.8 Å². The van der Waals surface area contributed by atoms with Crippen molar-refractivity contribution in [1.82, 2.24) is 5.32 Å². The Balaban J connectivity index is 1.88. The molecular weight excluding hydrogens is 262 g/mol. The maximum atomic E-state index is 11.7. The number of carbonyl (C=O) groups excluding carboxylic acids is 1. The summed E-state index contributed by atoms with van der Waals surface area (Å²) in [6.45, 7) is 0.135. The number of nitro groups is 1. The third kappa shape index (κ3) is 3.67. The van der Waals surface area contributed by atoms with E-state index in [1.54, 1.807) is 12.1 Å². The number of nitrogens with zero attached hydrogens (tertiary/aromatic N) is 1. The van der Waals surface area contributed by atoms with Gasteiger partial charge in [-0.25, -0.2) is 0 Å². The topological polar surface area (TPSA) is 107 Å². The van der Waals surface area contributed by atoms with E-state index in [2.05, 4.69) is 5.32 Å². The van der Waals surface area contributed by atoms with Crippen molar-refractivity contribution < 1.29 is 14.5 Å². The lowest BCUT2D eigenvalue weighted by atomic mass is 10.2. The fourth-order valence-electron chi connectivity index (χ4n) is 1.99. The number of para-hydroxylation sites is 2. The molecule has 1 aliphatic rings. The lowest BCUT2D eigenvalue weighted by Crippen LogP contribution is -2.43. The predicted molar refractivity (Wildman–Crippen MR) is 72.3 cm³/mol. The molecule has 7 heteroatoms. The molecule has 1 fully saturated rings. The highest BCUT2D eigenvalue weighted by Crippen LogP contribution is 2.32. The standard InChI is InChI=1S/C13H17N3O4/c14-7-10(9-5-6-9)15-13(17)8-20-12-4-2-1-3-11(12)16(18)19/h1-4,9-10H,5-8,14H2,(H,15,17). The molecule has 0 aromatic heterocycles. The van der Waals surface area contributed by atoms with E-state index in [0.29, 0.717) is 12.5 Å². The first kappa shape index (κ1) is 14.3. The average Bonchev–Trinajstić information content (AvgIpc) is 3.27. The zero-order valence-electron chi connectivity index (χ0n) is 11.0. The number of hydrogen-bond donors (Lipinski definition) is 2. The minimum Gasteiger partial charge on any atom is -0.477 e. The predicted octanol–water partition coefficient (Wildman–Crippen LogP) is 0.827. The molecule has 0 spiro atoms. The highest BCUT2D eigenvalue weighted by molar-refractivity contribution is 5.78. The molecule has 1 aliphatic carbocycles. The number of hydrogen-bond acceptors (Lipinski definition) is 5. The van der Waals surface area contributed by atoms with Crippen LogP contribution in [-0.2, 0) is 4.79 Å². The van der Waals surface area contributed by atoms with Crippen LogP contribution in [0.25, 0.3) is 0 Å². The second kappa shape index (κ2) is 6.33. The van der Waals surface area contributed by atoms with Crippen LogP contribution in [0.2, 0.25) is 0 Å². The van der Waals surface area contributed by atoms with E-state index in [4.69, 9.17) is 10.5 Å². The number of nitrogens with two attached hydrogens (primary N) is 1. The third-order valence-electron chi connectivity index (χ3n) is 3.21. The van der Waals surface area contributed by atoms with Gasteiger partial charge in [0.1, 0.15) is 0 Å². The largest absolute Gasteiger partial charge is 0.477 e. The Kier molecular flexibility index (Phi) is 4.52. The Morgan fingerprint density at radius 2 is 2.20 bits per heavy atom. The number of ether oxygens (including phenoxy) is 1.